The maximum atomic E-state index is 5.26. The summed E-state index contributed by atoms with van der Waals surface area (Å²) >= 11 is 0. The zero-order chi connectivity index (χ0) is 29.0. The predicted molar refractivity (Wildman–Crippen MR) is 183 cm³/mol. The molecule has 7 aromatic carbocycles. The lowest BCUT2D eigenvalue weighted by Crippen LogP contribution is -2.14. The van der Waals surface area contributed by atoms with Gasteiger partial charge in [0.15, 0.2) is 0 Å². The maximum Gasteiger partial charge on any atom is 0.220 e. The van der Waals surface area contributed by atoms with E-state index < -0.39 is 0 Å². The first-order valence-electron chi connectivity index (χ1n) is 15.0. The molecule has 0 amide bonds. The summed E-state index contributed by atoms with van der Waals surface area (Å²) in [7, 11) is 0. The van der Waals surface area contributed by atoms with Crippen molar-refractivity contribution >= 4 is 39.1 Å². The van der Waals surface area contributed by atoms with Gasteiger partial charge in [-0.15, -0.1) is 0 Å². The second-order valence-electron chi connectivity index (χ2n) is 11.3. The van der Waals surface area contributed by atoms with Crippen LogP contribution >= 0.6 is 0 Å². The lowest BCUT2D eigenvalue weighted by molar-refractivity contribution is 1.05. The Morgan fingerprint density at radius 3 is 1.73 bits per heavy atom. The van der Waals surface area contributed by atoms with E-state index >= 15 is 0 Å². The van der Waals surface area contributed by atoms with Crippen molar-refractivity contribution in [1.29, 1.82) is 0 Å². The van der Waals surface area contributed by atoms with E-state index in [0.717, 1.165) is 34.0 Å². The third kappa shape index (κ3) is 3.87. The quantitative estimate of drug-likeness (QED) is 0.214. The van der Waals surface area contributed by atoms with E-state index in [9.17, 15) is 0 Å². The summed E-state index contributed by atoms with van der Waals surface area (Å²) < 4.78 is 2.33. The van der Waals surface area contributed by atoms with Gasteiger partial charge >= 0.3 is 0 Å². The molecule has 1 aliphatic rings. The number of imidazole rings is 1. The molecule has 9 rings (SSSR count). The molecule has 1 aromatic heterocycles. The molecule has 0 atom stereocenters. The van der Waals surface area contributed by atoms with Crippen LogP contribution in [0.15, 0.2) is 164 Å². The average Bonchev–Trinajstić information content (AvgIpc) is 3.43. The fourth-order valence-corrected chi connectivity index (χ4v) is 6.58. The van der Waals surface area contributed by atoms with Gasteiger partial charge in [0.05, 0.1) is 22.4 Å². The Labute approximate surface area is 255 Å². The van der Waals surface area contributed by atoms with Gasteiger partial charge in [-0.1, -0.05) is 121 Å². The summed E-state index contributed by atoms with van der Waals surface area (Å²) in [6.45, 7) is 0. The summed E-state index contributed by atoms with van der Waals surface area (Å²) in [4.78, 5) is 7.56. The van der Waals surface area contributed by atoms with Crippen molar-refractivity contribution in [3.63, 3.8) is 0 Å². The summed E-state index contributed by atoms with van der Waals surface area (Å²) in [5, 5.41) is 2.44. The molecule has 1 aliphatic heterocycles. The van der Waals surface area contributed by atoms with Crippen molar-refractivity contribution in [2.45, 2.75) is 0 Å². The molecule has 3 nitrogen and oxygen atoms in total. The fourth-order valence-electron chi connectivity index (χ4n) is 6.58. The van der Waals surface area contributed by atoms with Gasteiger partial charge in [-0.05, 0) is 75.5 Å². The SMILES string of the molecule is c1ccc(-c2ccc(-c3ccc(N4c5ccccc5-c5cc6ccccc6cc5-n5c4nc4ccccc45)cc3)cc2)cc1. The number of aromatic nitrogens is 2. The van der Waals surface area contributed by atoms with Crippen LogP contribution < -0.4 is 4.90 Å². The number of hydrogen-bond donors (Lipinski definition) is 0. The van der Waals surface area contributed by atoms with E-state index in [1.54, 1.807) is 0 Å². The van der Waals surface area contributed by atoms with E-state index in [2.05, 4.69) is 173 Å². The number of nitrogens with zero attached hydrogens (tertiary/aromatic N) is 3. The standard InChI is InChI=1S/C41H27N3/c1-2-10-28(11-3-1)29-18-20-30(21-19-29)31-22-24-34(25-23-31)43-38-16-8-6-14-35(38)36-26-32-12-4-5-13-33(32)27-40(36)44-39-17-9-7-15-37(39)42-41(43)44/h1-27H. The smallest absolute Gasteiger partial charge is 0.220 e. The molecule has 0 fully saturated rings. The monoisotopic (exact) mass is 561 g/mol. The highest BCUT2D eigenvalue weighted by Gasteiger charge is 2.29. The van der Waals surface area contributed by atoms with Crippen LogP contribution in [0.1, 0.15) is 0 Å². The third-order valence-corrected chi connectivity index (χ3v) is 8.73. The zero-order valence-electron chi connectivity index (χ0n) is 23.9. The van der Waals surface area contributed by atoms with Gasteiger partial charge in [0.25, 0.3) is 0 Å². The number of fused-ring (bicyclic) bond motifs is 8. The van der Waals surface area contributed by atoms with E-state index in [4.69, 9.17) is 4.98 Å². The molecular weight excluding hydrogens is 534 g/mol. The third-order valence-electron chi connectivity index (χ3n) is 8.73. The number of benzene rings is 7. The van der Waals surface area contributed by atoms with Crippen molar-refractivity contribution in [2.24, 2.45) is 0 Å². The molecule has 8 aromatic rings. The van der Waals surface area contributed by atoms with Crippen molar-refractivity contribution in [3.8, 4) is 39.1 Å². The molecule has 0 unspecified atom stereocenters. The minimum absolute atomic E-state index is 0.882. The number of rotatable bonds is 3. The molecule has 0 bridgehead atoms. The molecule has 3 heteroatoms. The van der Waals surface area contributed by atoms with Crippen molar-refractivity contribution < 1.29 is 0 Å². The van der Waals surface area contributed by atoms with Crippen LogP contribution in [-0.2, 0) is 0 Å². The van der Waals surface area contributed by atoms with Crippen LogP contribution in [-0.4, -0.2) is 9.55 Å². The molecular formula is C41H27N3. The first-order valence-corrected chi connectivity index (χ1v) is 15.0. The highest BCUT2D eigenvalue weighted by molar-refractivity contribution is 6.01. The fraction of sp³-hybridized carbons (Fsp3) is 0. The Morgan fingerprint density at radius 1 is 0.409 bits per heavy atom. The van der Waals surface area contributed by atoms with E-state index in [0.29, 0.717) is 0 Å². The molecule has 0 spiro atoms. The summed E-state index contributed by atoms with van der Waals surface area (Å²) in [6.07, 6.45) is 0. The van der Waals surface area contributed by atoms with Crippen molar-refractivity contribution in [3.05, 3.63) is 164 Å². The number of anilines is 3. The molecule has 0 saturated heterocycles. The normalized spacial score (nSPS) is 12.0. The molecule has 0 N–H and O–H groups in total. The maximum absolute atomic E-state index is 5.26. The minimum Gasteiger partial charge on any atom is -0.280 e. The van der Waals surface area contributed by atoms with Crippen LogP contribution in [0, 0.1) is 0 Å². The Morgan fingerprint density at radius 2 is 0.977 bits per heavy atom. The van der Waals surface area contributed by atoms with Crippen LogP contribution in [0.4, 0.5) is 17.3 Å². The first kappa shape index (κ1) is 24.6. The number of para-hydroxylation sites is 3. The van der Waals surface area contributed by atoms with Crippen LogP contribution in [0.3, 0.4) is 0 Å². The van der Waals surface area contributed by atoms with E-state index in [-0.39, 0.29) is 0 Å². The molecule has 0 aliphatic carbocycles. The number of hydrogen-bond acceptors (Lipinski definition) is 2. The van der Waals surface area contributed by atoms with Gasteiger partial charge in [0.1, 0.15) is 0 Å². The van der Waals surface area contributed by atoms with E-state index in [1.165, 1.54) is 44.2 Å². The van der Waals surface area contributed by atoms with Gasteiger partial charge in [0.2, 0.25) is 5.95 Å². The summed E-state index contributed by atoms with van der Waals surface area (Å²) in [5.41, 5.74) is 12.6. The lowest BCUT2D eigenvalue weighted by atomic mass is 9.97. The lowest BCUT2D eigenvalue weighted by Gasteiger charge is -2.24. The minimum atomic E-state index is 0.882. The van der Waals surface area contributed by atoms with E-state index in [1.807, 2.05) is 0 Å². The molecule has 206 valence electrons. The van der Waals surface area contributed by atoms with Gasteiger partial charge in [-0.2, -0.15) is 0 Å². The van der Waals surface area contributed by atoms with Gasteiger partial charge in [0, 0.05) is 16.8 Å². The highest BCUT2D eigenvalue weighted by atomic mass is 15.3. The van der Waals surface area contributed by atoms with Crippen LogP contribution in [0.2, 0.25) is 0 Å². The zero-order valence-corrected chi connectivity index (χ0v) is 23.9. The molecule has 2 heterocycles. The Kier molecular flexibility index (Phi) is 5.50. The molecule has 0 radical (unpaired) electrons. The van der Waals surface area contributed by atoms with Crippen molar-refractivity contribution in [1.82, 2.24) is 9.55 Å². The van der Waals surface area contributed by atoms with Crippen LogP contribution in [0.25, 0.3) is 60.9 Å². The van der Waals surface area contributed by atoms with Gasteiger partial charge < -0.3 is 0 Å². The predicted octanol–water partition coefficient (Wildman–Crippen LogP) is 11.0. The molecule has 0 saturated carbocycles. The second kappa shape index (κ2) is 9.82. The average molecular weight is 562 g/mol. The van der Waals surface area contributed by atoms with Crippen molar-refractivity contribution in [2.75, 3.05) is 4.90 Å². The topological polar surface area (TPSA) is 21.1 Å². The Balaban J connectivity index is 1.22. The highest BCUT2D eigenvalue weighted by Crippen LogP contribution is 2.48. The van der Waals surface area contributed by atoms with Gasteiger partial charge in [-0.25, -0.2) is 4.98 Å². The first-order chi connectivity index (χ1) is 21.8. The Hall–Kier alpha value is -5.93. The summed E-state index contributed by atoms with van der Waals surface area (Å²) in [5.74, 6) is 0.882. The summed E-state index contributed by atoms with van der Waals surface area (Å²) in [6, 6.07) is 58.5. The van der Waals surface area contributed by atoms with Gasteiger partial charge in [-0.3, -0.25) is 9.47 Å². The molecule has 44 heavy (non-hydrogen) atoms. The largest absolute Gasteiger partial charge is 0.280 e. The Bertz CT molecular complexity index is 2310. The second-order valence-corrected chi connectivity index (χ2v) is 11.3. The van der Waals surface area contributed by atoms with Crippen LogP contribution in [0.5, 0.6) is 0 Å².